The first-order valence-electron chi connectivity index (χ1n) is 9.10. The summed E-state index contributed by atoms with van der Waals surface area (Å²) in [5, 5.41) is 1.18. The molecule has 4 rings (SSSR count). The summed E-state index contributed by atoms with van der Waals surface area (Å²) < 4.78 is 29.0. The van der Waals surface area contributed by atoms with Crippen molar-refractivity contribution in [3.05, 3.63) is 64.5 Å². The number of aromatic nitrogens is 1. The van der Waals surface area contributed by atoms with E-state index >= 15 is 0 Å². The first kappa shape index (κ1) is 17.6. The fourth-order valence-electron chi connectivity index (χ4n) is 3.88. The van der Waals surface area contributed by atoms with Crippen molar-refractivity contribution in [1.29, 1.82) is 0 Å². The van der Waals surface area contributed by atoms with Gasteiger partial charge in [-0.15, -0.1) is 11.3 Å². The smallest absolute Gasteiger partial charge is 0.145 e. The van der Waals surface area contributed by atoms with E-state index in [1.54, 1.807) is 23.6 Å². The number of hydrogen-bond acceptors (Lipinski definition) is 3. The Labute approximate surface area is 156 Å². The molecule has 1 saturated heterocycles. The number of hydrogen-bond donors (Lipinski definition) is 0. The highest BCUT2D eigenvalue weighted by Crippen LogP contribution is 2.39. The summed E-state index contributed by atoms with van der Waals surface area (Å²) >= 11 is 1.77. The van der Waals surface area contributed by atoms with Gasteiger partial charge in [-0.3, -0.25) is 9.88 Å². The summed E-state index contributed by atoms with van der Waals surface area (Å²) in [6.45, 7) is 4.23. The second kappa shape index (κ2) is 7.41. The molecule has 2 nitrogen and oxygen atoms in total. The van der Waals surface area contributed by atoms with Crippen LogP contribution in [0.4, 0.5) is 8.78 Å². The van der Waals surface area contributed by atoms with Gasteiger partial charge in [-0.25, -0.2) is 8.78 Å². The monoisotopic (exact) mass is 372 g/mol. The van der Waals surface area contributed by atoms with Crippen molar-refractivity contribution >= 4 is 21.4 Å². The van der Waals surface area contributed by atoms with Crippen molar-refractivity contribution in [3.8, 4) is 0 Å². The second-order valence-electron chi connectivity index (χ2n) is 6.96. The van der Waals surface area contributed by atoms with Crippen LogP contribution in [0.1, 0.15) is 35.4 Å². The molecule has 1 aliphatic heterocycles. The van der Waals surface area contributed by atoms with Crippen LogP contribution in [-0.4, -0.2) is 35.7 Å². The minimum atomic E-state index is -0.696. The van der Waals surface area contributed by atoms with Crippen molar-refractivity contribution in [2.24, 2.45) is 0 Å². The van der Waals surface area contributed by atoms with Crippen LogP contribution < -0.4 is 0 Å². The normalized spacial score (nSPS) is 19.3. The number of nitrogens with zero attached hydrogens (tertiary/aromatic N) is 2. The lowest BCUT2D eigenvalue weighted by molar-refractivity contribution is 0.290. The van der Waals surface area contributed by atoms with Crippen LogP contribution in [0.25, 0.3) is 10.1 Å². The van der Waals surface area contributed by atoms with Crippen LogP contribution in [0.2, 0.25) is 0 Å². The lowest BCUT2D eigenvalue weighted by Gasteiger charge is -2.17. The lowest BCUT2D eigenvalue weighted by atomic mass is 9.93. The fraction of sp³-hybridized carbons (Fsp3) is 0.381. The molecular formula is C21H22F2N2S. The number of fused-ring (bicyclic) bond motifs is 1. The van der Waals surface area contributed by atoms with Gasteiger partial charge in [0.15, 0.2) is 0 Å². The molecular weight excluding hydrogens is 350 g/mol. The first-order chi connectivity index (χ1) is 12.6. The molecule has 5 heteroatoms. The fourth-order valence-corrected chi connectivity index (χ4v) is 5.17. The summed E-state index contributed by atoms with van der Waals surface area (Å²) in [5.74, 6) is -0.379. The highest BCUT2D eigenvalue weighted by molar-refractivity contribution is 7.19. The van der Waals surface area contributed by atoms with Gasteiger partial charge < -0.3 is 0 Å². The first-order valence-corrected chi connectivity index (χ1v) is 9.92. The van der Waals surface area contributed by atoms with E-state index < -0.39 is 6.17 Å². The lowest BCUT2D eigenvalue weighted by Crippen LogP contribution is -2.23. The molecule has 1 aromatic carbocycles. The minimum absolute atomic E-state index is 0.116. The Morgan fingerprint density at radius 2 is 2.12 bits per heavy atom. The maximum Gasteiger partial charge on any atom is 0.145 e. The highest BCUT2D eigenvalue weighted by Gasteiger charge is 2.25. The van der Waals surface area contributed by atoms with Crippen molar-refractivity contribution in [2.45, 2.75) is 31.9 Å². The number of pyridine rings is 1. The molecule has 2 aromatic heterocycles. The number of rotatable bonds is 5. The molecule has 0 aliphatic carbocycles. The predicted molar refractivity (Wildman–Crippen MR) is 103 cm³/mol. The third-order valence-corrected chi connectivity index (χ3v) is 6.46. The van der Waals surface area contributed by atoms with Crippen LogP contribution in [0.5, 0.6) is 0 Å². The molecule has 1 unspecified atom stereocenters. The minimum Gasteiger partial charge on any atom is -0.300 e. The maximum absolute atomic E-state index is 14.3. The zero-order valence-corrected chi connectivity index (χ0v) is 15.6. The average Bonchev–Trinajstić information content (AvgIpc) is 3.22. The van der Waals surface area contributed by atoms with Crippen LogP contribution in [0, 0.1) is 5.82 Å². The summed E-state index contributed by atoms with van der Waals surface area (Å²) in [5.41, 5.74) is 1.65. The van der Waals surface area contributed by atoms with Crippen LogP contribution in [-0.2, 0) is 6.42 Å². The van der Waals surface area contributed by atoms with Crippen LogP contribution in [0.15, 0.2) is 42.6 Å². The summed E-state index contributed by atoms with van der Waals surface area (Å²) in [4.78, 5) is 7.74. The molecule has 3 heterocycles. The zero-order valence-electron chi connectivity index (χ0n) is 14.8. The van der Waals surface area contributed by atoms with E-state index in [0.717, 1.165) is 19.5 Å². The van der Waals surface area contributed by atoms with E-state index in [-0.39, 0.29) is 11.7 Å². The van der Waals surface area contributed by atoms with Gasteiger partial charge in [-0.2, -0.15) is 0 Å². The van der Waals surface area contributed by atoms with Crippen LogP contribution >= 0.6 is 11.3 Å². The molecule has 2 atom stereocenters. The molecule has 136 valence electrons. The zero-order chi connectivity index (χ0) is 18.1. The van der Waals surface area contributed by atoms with E-state index in [0.29, 0.717) is 18.7 Å². The SMILES string of the molecule is C[C@@H](c1ncccc1F)c1c(CCN2CCC(F)C2)sc2ccccc12. The van der Waals surface area contributed by atoms with Gasteiger partial charge in [0.2, 0.25) is 0 Å². The van der Waals surface area contributed by atoms with Gasteiger partial charge in [0.25, 0.3) is 0 Å². The third kappa shape index (κ3) is 3.38. The van der Waals surface area contributed by atoms with E-state index in [2.05, 4.69) is 22.0 Å². The van der Waals surface area contributed by atoms with E-state index in [1.165, 1.54) is 26.6 Å². The summed E-state index contributed by atoms with van der Waals surface area (Å²) in [7, 11) is 0. The average molecular weight is 372 g/mol. The Bertz CT molecular complexity index is 908. The topological polar surface area (TPSA) is 16.1 Å². The van der Waals surface area contributed by atoms with Gasteiger partial charge >= 0.3 is 0 Å². The number of benzene rings is 1. The van der Waals surface area contributed by atoms with Crippen molar-refractivity contribution < 1.29 is 8.78 Å². The Balaban J connectivity index is 1.68. The molecule has 1 fully saturated rings. The van der Waals surface area contributed by atoms with Gasteiger partial charge in [-0.05, 0) is 42.0 Å². The summed E-state index contributed by atoms with van der Waals surface area (Å²) in [6.07, 6.45) is 2.45. The molecule has 0 spiro atoms. The molecule has 0 amide bonds. The Morgan fingerprint density at radius 1 is 1.27 bits per heavy atom. The van der Waals surface area contributed by atoms with Crippen LogP contribution in [0.3, 0.4) is 0 Å². The number of alkyl halides is 1. The quantitative estimate of drug-likeness (QED) is 0.614. The molecule has 0 saturated carbocycles. The Morgan fingerprint density at radius 3 is 2.88 bits per heavy atom. The molecule has 3 aromatic rings. The van der Waals surface area contributed by atoms with E-state index in [4.69, 9.17) is 0 Å². The maximum atomic E-state index is 14.3. The molecule has 0 radical (unpaired) electrons. The molecule has 26 heavy (non-hydrogen) atoms. The Kier molecular flexibility index (Phi) is 5.00. The predicted octanol–water partition coefficient (Wildman–Crippen LogP) is 5.17. The molecule has 0 bridgehead atoms. The summed E-state index contributed by atoms with van der Waals surface area (Å²) in [6, 6.07) is 11.4. The molecule has 1 aliphatic rings. The van der Waals surface area contributed by atoms with Crippen molar-refractivity contribution in [1.82, 2.24) is 9.88 Å². The van der Waals surface area contributed by atoms with E-state index in [9.17, 15) is 8.78 Å². The Hall–Kier alpha value is -1.85. The van der Waals surface area contributed by atoms with Gasteiger partial charge in [0.1, 0.15) is 12.0 Å². The largest absolute Gasteiger partial charge is 0.300 e. The third-order valence-electron chi connectivity index (χ3n) is 5.21. The molecule has 0 N–H and O–H groups in total. The second-order valence-corrected chi connectivity index (χ2v) is 8.10. The number of likely N-dealkylation sites (tertiary alicyclic amines) is 1. The van der Waals surface area contributed by atoms with Crippen molar-refractivity contribution in [2.75, 3.05) is 19.6 Å². The number of halogens is 2. The van der Waals surface area contributed by atoms with E-state index in [1.807, 2.05) is 19.1 Å². The highest BCUT2D eigenvalue weighted by atomic mass is 32.1. The van der Waals surface area contributed by atoms with Gasteiger partial charge in [-0.1, -0.05) is 25.1 Å². The van der Waals surface area contributed by atoms with Gasteiger partial charge in [0, 0.05) is 41.3 Å². The van der Waals surface area contributed by atoms with Crippen molar-refractivity contribution in [3.63, 3.8) is 0 Å². The number of thiophene rings is 1. The standard InChI is InChI=1S/C21H22F2N2S/c1-14(21-17(23)6-4-10-24-21)20-16-5-2-3-7-18(16)26-19(20)9-12-25-11-8-15(22)13-25/h2-7,10,14-15H,8-9,11-13H2,1H3/t14-,15?/m1/s1. The van der Waals surface area contributed by atoms with Gasteiger partial charge in [0.05, 0.1) is 5.69 Å².